The zero-order chi connectivity index (χ0) is 12.8. The summed E-state index contributed by atoms with van der Waals surface area (Å²) in [5.41, 5.74) is 6.81. The van der Waals surface area contributed by atoms with Gasteiger partial charge in [0.25, 0.3) is 0 Å². The molecule has 1 saturated heterocycles. The van der Waals surface area contributed by atoms with E-state index in [1.54, 1.807) is 7.11 Å². The summed E-state index contributed by atoms with van der Waals surface area (Å²) in [7, 11) is 1.69. The largest absolute Gasteiger partial charge is 0.493 e. The quantitative estimate of drug-likeness (QED) is 0.771. The summed E-state index contributed by atoms with van der Waals surface area (Å²) in [4.78, 5) is 0. The first-order valence-electron chi connectivity index (χ1n) is 6.45. The molecule has 3 nitrogen and oxygen atoms in total. The molecule has 1 heterocycles. The first kappa shape index (κ1) is 13.6. The van der Waals surface area contributed by atoms with Gasteiger partial charge in [0.1, 0.15) is 6.10 Å². The minimum Gasteiger partial charge on any atom is -0.493 e. The molecular weight excluding hydrogens is 246 g/mol. The third-order valence-corrected chi connectivity index (χ3v) is 4.26. The minimum absolute atomic E-state index is 0.350. The van der Waals surface area contributed by atoms with Crippen LogP contribution in [0.4, 0.5) is 0 Å². The Hall–Kier alpha value is -0.870. The topological polar surface area (TPSA) is 44.5 Å². The molecule has 1 fully saturated rings. The molecule has 4 heteroatoms. The van der Waals surface area contributed by atoms with Crippen LogP contribution in [0.3, 0.4) is 0 Å². The van der Waals surface area contributed by atoms with E-state index in [4.69, 9.17) is 15.2 Å². The summed E-state index contributed by atoms with van der Waals surface area (Å²) < 4.78 is 11.3. The molecule has 0 radical (unpaired) electrons. The van der Waals surface area contributed by atoms with Crippen LogP contribution in [-0.2, 0) is 6.42 Å². The third kappa shape index (κ3) is 3.56. The fraction of sp³-hybridized carbons (Fsp3) is 0.571. The first-order chi connectivity index (χ1) is 8.83. The van der Waals surface area contributed by atoms with E-state index in [-0.39, 0.29) is 0 Å². The maximum absolute atomic E-state index is 5.95. The van der Waals surface area contributed by atoms with Gasteiger partial charge in [0.05, 0.1) is 7.11 Å². The van der Waals surface area contributed by atoms with Crippen LogP contribution in [0.15, 0.2) is 18.2 Å². The molecule has 18 heavy (non-hydrogen) atoms. The number of rotatable bonds is 7. The van der Waals surface area contributed by atoms with Crippen molar-refractivity contribution in [2.75, 3.05) is 25.2 Å². The molecular formula is C14H21NO2S. The predicted octanol–water partition coefficient (Wildman–Crippen LogP) is 2.47. The van der Waals surface area contributed by atoms with Crippen LogP contribution in [-0.4, -0.2) is 31.3 Å². The average Bonchev–Trinajstić information content (AvgIpc) is 2.34. The van der Waals surface area contributed by atoms with Crippen molar-refractivity contribution in [2.45, 2.75) is 25.4 Å². The molecule has 1 aliphatic rings. The predicted molar refractivity (Wildman–Crippen MR) is 76.7 cm³/mol. The highest BCUT2D eigenvalue weighted by molar-refractivity contribution is 8.00. The lowest BCUT2D eigenvalue weighted by Gasteiger charge is -2.26. The number of hydrogen-bond donors (Lipinski definition) is 1. The van der Waals surface area contributed by atoms with Gasteiger partial charge in [-0.3, -0.25) is 0 Å². The van der Waals surface area contributed by atoms with Crippen molar-refractivity contribution in [3.8, 4) is 11.5 Å². The Bertz CT molecular complexity index is 380. The molecule has 0 aromatic heterocycles. The Morgan fingerprint density at radius 1 is 1.28 bits per heavy atom. The number of hydrogen-bond acceptors (Lipinski definition) is 4. The lowest BCUT2D eigenvalue weighted by Crippen LogP contribution is -2.31. The lowest BCUT2D eigenvalue weighted by atomic mass is 10.1. The highest BCUT2D eigenvalue weighted by Crippen LogP contribution is 2.32. The summed E-state index contributed by atoms with van der Waals surface area (Å²) in [6.45, 7) is 0.763. The fourth-order valence-electron chi connectivity index (χ4n) is 1.90. The van der Waals surface area contributed by atoms with E-state index in [9.17, 15) is 0 Å². The molecule has 2 rings (SSSR count). The molecule has 2 N–H and O–H groups in total. The van der Waals surface area contributed by atoms with Crippen LogP contribution in [0, 0.1) is 0 Å². The maximum atomic E-state index is 5.95. The summed E-state index contributed by atoms with van der Waals surface area (Å²) >= 11 is 1.92. The molecule has 1 aliphatic heterocycles. The summed E-state index contributed by atoms with van der Waals surface area (Å²) in [5, 5.41) is 0. The van der Waals surface area contributed by atoms with Crippen molar-refractivity contribution in [1.82, 2.24) is 0 Å². The van der Waals surface area contributed by atoms with Gasteiger partial charge in [-0.2, -0.15) is 11.8 Å². The number of nitrogens with two attached hydrogens (primary N) is 1. The molecule has 1 aromatic rings. The second-order valence-corrected chi connectivity index (χ2v) is 5.58. The normalized spacial score (nSPS) is 15.2. The van der Waals surface area contributed by atoms with E-state index in [2.05, 4.69) is 12.1 Å². The van der Waals surface area contributed by atoms with Crippen LogP contribution in [0.25, 0.3) is 0 Å². The standard InChI is InChI=1S/C14H21NO2S/c1-16-13-6-5-11(4-2-3-7-15)8-14(13)17-12-9-18-10-12/h5-6,8,12H,2-4,7,9-10,15H2,1H3. The number of aryl methyl sites for hydroxylation is 1. The van der Waals surface area contributed by atoms with Crippen molar-refractivity contribution < 1.29 is 9.47 Å². The van der Waals surface area contributed by atoms with Crippen LogP contribution in [0.2, 0.25) is 0 Å². The zero-order valence-corrected chi connectivity index (χ0v) is 11.7. The van der Waals surface area contributed by atoms with Crippen LogP contribution in [0.1, 0.15) is 18.4 Å². The Morgan fingerprint density at radius 2 is 2.11 bits per heavy atom. The number of ether oxygens (including phenoxy) is 2. The zero-order valence-electron chi connectivity index (χ0n) is 10.9. The summed E-state index contributed by atoms with van der Waals surface area (Å²) in [5.74, 6) is 3.88. The van der Waals surface area contributed by atoms with E-state index in [0.717, 1.165) is 48.8 Å². The monoisotopic (exact) mass is 267 g/mol. The fourth-order valence-corrected chi connectivity index (χ4v) is 2.47. The third-order valence-electron chi connectivity index (χ3n) is 3.05. The second-order valence-electron chi connectivity index (χ2n) is 4.51. The molecule has 0 amide bonds. The lowest BCUT2D eigenvalue weighted by molar-refractivity contribution is 0.228. The second kappa shape index (κ2) is 6.90. The van der Waals surface area contributed by atoms with Gasteiger partial charge in [0.2, 0.25) is 0 Å². The average molecular weight is 267 g/mol. The summed E-state index contributed by atoms with van der Waals surface area (Å²) in [6.07, 6.45) is 3.60. The number of unbranched alkanes of at least 4 members (excludes halogenated alkanes) is 1. The number of thioether (sulfide) groups is 1. The van der Waals surface area contributed by atoms with Crippen molar-refractivity contribution in [3.05, 3.63) is 23.8 Å². The van der Waals surface area contributed by atoms with E-state index in [1.807, 2.05) is 17.8 Å². The number of benzene rings is 1. The van der Waals surface area contributed by atoms with E-state index in [1.165, 1.54) is 5.56 Å². The van der Waals surface area contributed by atoms with Crippen LogP contribution >= 0.6 is 11.8 Å². The van der Waals surface area contributed by atoms with E-state index < -0.39 is 0 Å². The van der Waals surface area contributed by atoms with Crippen molar-refractivity contribution in [2.24, 2.45) is 5.73 Å². The molecule has 0 spiro atoms. The molecule has 0 bridgehead atoms. The minimum atomic E-state index is 0.350. The van der Waals surface area contributed by atoms with Gasteiger partial charge in [0, 0.05) is 11.5 Å². The van der Waals surface area contributed by atoms with Crippen molar-refractivity contribution in [3.63, 3.8) is 0 Å². The molecule has 0 saturated carbocycles. The van der Waals surface area contributed by atoms with Crippen LogP contribution < -0.4 is 15.2 Å². The first-order valence-corrected chi connectivity index (χ1v) is 7.60. The van der Waals surface area contributed by atoms with Gasteiger partial charge in [-0.15, -0.1) is 0 Å². The van der Waals surface area contributed by atoms with Crippen molar-refractivity contribution >= 4 is 11.8 Å². The molecule has 1 aromatic carbocycles. The van der Waals surface area contributed by atoms with E-state index >= 15 is 0 Å². The van der Waals surface area contributed by atoms with Crippen molar-refractivity contribution in [1.29, 1.82) is 0 Å². The van der Waals surface area contributed by atoms with Gasteiger partial charge >= 0.3 is 0 Å². The highest BCUT2D eigenvalue weighted by atomic mass is 32.2. The maximum Gasteiger partial charge on any atom is 0.161 e. The SMILES string of the molecule is COc1ccc(CCCCN)cc1OC1CSC1. The molecule has 0 unspecified atom stereocenters. The highest BCUT2D eigenvalue weighted by Gasteiger charge is 2.21. The van der Waals surface area contributed by atoms with Gasteiger partial charge in [0.15, 0.2) is 11.5 Å². The Labute approximate surface area is 113 Å². The van der Waals surface area contributed by atoms with Crippen LogP contribution in [0.5, 0.6) is 11.5 Å². The Balaban J connectivity index is 2.00. The van der Waals surface area contributed by atoms with E-state index in [0.29, 0.717) is 6.10 Å². The Kier molecular flexibility index (Phi) is 5.20. The smallest absolute Gasteiger partial charge is 0.161 e. The van der Waals surface area contributed by atoms with Gasteiger partial charge in [-0.1, -0.05) is 6.07 Å². The van der Waals surface area contributed by atoms with Gasteiger partial charge < -0.3 is 15.2 Å². The van der Waals surface area contributed by atoms with Gasteiger partial charge in [-0.25, -0.2) is 0 Å². The number of methoxy groups -OCH3 is 1. The molecule has 0 atom stereocenters. The molecule has 100 valence electrons. The van der Waals surface area contributed by atoms with Gasteiger partial charge in [-0.05, 0) is 43.5 Å². The summed E-state index contributed by atoms with van der Waals surface area (Å²) in [6, 6.07) is 6.22. The molecule has 0 aliphatic carbocycles. The Morgan fingerprint density at radius 3 is 2.72 bits per heavy atom.